The fourth-order valence-corrected chi connectivity index (χ4v) is 15.3. The van der Waals surface area contributed by atoms with E-state index in [-0.39, 0.29) is 11.5 Å². The number of aliphatic imine (C=N–C) groups is 1. The number of rotatable bonds is 3. The molecule has 1 aliphatic heterocycles. The Balaban J connectivity index is 2.20. The minimum Gasteiger partial charge on any atom is -0.508 e. The second kappa shape index (κ2) is 8.38. The molecule has 2 aliphatic rings. The standard InChI is InChI=1S/C22H20I3NO2SSi/c1-10(2)30(11(3)4)16-9-12(27)5-6-13(16)26-14-7-8-15(28)17(21(14)30)20-18(23)19(24)22(25)29-20/h5-11,27H,1-4H3. The van der Waals surface area contributed by atoms with Crippen LogP contribution in [0, 0.1) is 10.0 Å². The number of phenolic OH excluding ortho intramolecular Hbond substituents is 1. The summed E-state index contributed by atoms with van der Waals surface area (Å²) >= 11 is 8.81. The molecule has 2 aromatic rings. The van der Waals surface area contributed by atoms with Crippen molar-refractivity contribution in [2.45, 2.75) is 38.8 Å². The molecule has 1 N–H and O–H groups in total. The molecule has 0 bridgehead atoms. The summed E-state index contributed by atoms with van der Waals surface area (Å²) in [6, 6.07) is 5.54. The fourth-order valence-electron chi connectivity index (χ4n) is 4.92. The molecule has 2 heterocycles. The SMILES string of the molecule is CC(C)[Si]1(C(C)C)C2=C(c3sc(I)c(I)c3I)C(=O)C=CC2=Nc2ccc(O)cc21. The van der Waals surface area contributed by atoms with Crippen molar-refractivity contribution in [3.63, 3.8) is 0 Å². The van der Waals surface area contributed by atoms with Crippen molar-refractivity contribution in [2.75, 3.05) is 0 Å². The second-order valence-electron chi connectivity index (χ2n) is 8.16. The quantitative estimate of drug-likeness (QED) is 0.209. The fraction of sp³-hybridized carbons (Fsp3) is 0.273. The molecule has 30 heavy (non-hydrogen) atoms. The van der Waals surface area contributed by atoms with Gasteiger partial charge >= 0.3 is 0 Å². The van der Waals surface area contributed by atoms with Crippen molar-refractivity contribution in [3.8, 4) is 5.75 Å². The topological polar surface area (TPSA) is 49.7 Å². The van der Waals surface area contributed by atoms with Gasteiger partial charge in [-0.15, -0.1) is 11.3 Å². The Morgan fingerprint density at radius 3 is 2.27 bits per heavy atom. The summed E-state index contributed by atoms with van der Waals surface area (Å²) < 4.78 is 3.56. The Kier molecular flexibility index (Phi) is 6.46. The van der Waals surface area contributed by atoms with Gasteiger partial charge in [-0.05, 0) is 120 Å². The van der Waals surface area contributed by atoms with Crippen LogP contribution in [0.2, 0.25) is 11.1 Å². The third-order valence-corrected chi connectivity index (χ3v) is 19.4. The van der Waals surface area contributed by atoms with Gasteiger partial charge in [-0.3, -0.25) is 4.79 Å². The maximum atomic E-state index is 13.4. The van der Waals surface area contributed by atoms with Gasteiger partial charge in [0.1, 0.15) is 13.8 Å². The molecule has 1 aromatic heterocycles. The van der Waals surface area contributed by atoms with E-state index >= 15 is 0 Å². The lowest BCUT2D eigenvalue weighted by Gasteiger charge is -2.46. The van der Waals surface area contributed by atoms with Crippen LogP contribution in [0.4, 0.5) is 5.69 Å². The van der Waals surface area contributed by atoms with Crippen LogP contribution in [-0.4, -0.2) is 24.7 Å². The number of halogens is 3. The highest BCUT2D eigenvalue weighted by molar-refractivity contribution is 14.1. The minimum absolute atomic E-state index is 0.0673. The number of phenols is 1. The summed E-state index contributed by atoms with van der Waals surface area (Å²) in [5.41, 5.74) is 3.36. The van der Waals surface area contributed by atoms with Gasteiger partial charge < -0.3 is 5.11 Å². The monoisotopic (exact) mass is 771 g/mol. The first-order valence-corrected chi connectivity index (χ1v) is 15.8. The number of hydrogen-bond donors (Lipinski definition) is 1. The zero-order valence-corrected chi connectivity index (χ0v) is 25.2. The molecular weight excluding hydrogens is 751 g/mol. The van der Waals surface area contributed by atoms with Crippen molar-refractivity contribution in [1.82, 2.24) is 0 Å². The number of ketones is 1. The number of carbonyl (C=O) groups excluding carboxylic acids is 1. The van der Waals surface area contributed by atoms with Crippen LogP contribution in [0.25, 0.3) is 5.57 Å². The molecule has 156 valence electrons. The van der Waals surface area contributed by atoms with Crippen molar-refractivity contribution in [1.29, 1.82) is 0 Å². The van der Waals surface area contributed by atoms with Gasteiger partial charge in [0.2, 0.25) is 0 Å². The number of hydrogen-bond acceptors (Lipinski definition) is 4. The third kappa shape index (κ3) is 3.34. The van der Waals surface area contributed by atoms with Crippen LogP contribution < -0.4 is 5.19 Å². The van der Waals surface area contributed by atoms with Gasteiger partial charge in [-0.25, -0.2) is 4.99 Å². The van der Waals surface area contributed by atoms with E-state index in [1.165, 1.54) is 6.45 Å². The highest BCUT2D eigenvalue weighted by Gasteiger charge is 2.52. The van der Waals surface area contributed by atoms with Crippen LogP contribution in [0.15, 0.2) is 40.5 Å². The van der Waals surface area contributed by atoms with Crippen LogP contribution in [0.1, 0.15) is 32.6 Å². The van der Waals surface area contributed by atoms with Crippen molar-refractivity contribution in [3.05, 3.63) is 50.4 Å². The highest BCUT2D eigenvalue weighted by atomic mass is 127. The van der Waals surface area contributed by atoms with Crippen LogP contribution in [0.5, 0.6) is 5.75 Å². The maximum Gasteiger partial charge on any atom is 0.187 e. The first-order chi connectivity index (χ1) is 14.1. The average molecular weight is 771 g/mol. The Labute approximate surface area is 222 Å². The van der Waals surface area contributed by atoms with E-state index in [1.54, 1.807) is 23.5 Å². The van der Waals surface area contributed by atoms with E-state index in [0.29, 0.717) is 11.1 Å². The number of fused-ring (bicyclic) bond motifs is 2. The van der Waals surface area contributed by atoms with Gasteiger partial charge in [-0.2, -0.15) is 0 Å². The zero-order valence-electron chi connectivity index (χ0n) is 16.9. The van der Waals surface area contributed by atoms with E-state index in [1.807, 2.05) is 18.2 Å². The molecule has 0 unspecified atom stereocenters. The summed E-state index contributed by atoms with van der Waals surface area (Å²) in [6.45, 7) is 9.07. The zero-order chi connectivity index (χ0) is 22.0. The second-order valence-corrected chi connectivity index (χ2v) is 18.2. The summed E-state index contributed by atoms with van der Waals surface area (Å²) in [7, 11) is -2.46. The van der Waals surface area contributed by atoms with E-state index in [9.17, 15) is 9.90 Å². The van der Waals surface area contributed by atoms with Crippen molar-refractivity contribution >= 4 is 115 Å². The molecule has 8 heteroatoms. The van der Waals surface area contributed by atoms with Gasteiger partial charge in [-0.1, -0.05) is 27.7 Å². The maximum absolute atomic E-state index is 13.4. The van der Waals surface area contributed by atoms with Crippen molar-refractivity contribution in [2.24, 2.45) is 4.99 Å². The van der Waals surface area contributed by atoms with Crippen LogP contribution in [-0.2, 0) is 4.79 Å². The summed E-state index contributed by atoms with van der Waals surface area (Å²) in [5.74, 6) is 0.331. The van der Waals surface area contributed by atoms with Crippen molar-refractivity contribution < 1.29 is 9.90 Å². The Morgan fingerprint density at radius 2 is 1.70 bits per heavy atom. The highest BCUT2D eigenvalue weighted by Crippen LogP contribution is 2.49. The molecular formula is C22H20I3NO2SSi. The normalized spacial score (nSPS) is 17.5. The predicted octanol–water partition coefficient (Wildman–Crippen LogP) is 6.96. The van der Waals surface area contributed by atoms with Gasteiger partial charge in [0.05, 0.1) is 22.7 Å². The largest absolute Gasteiger partial charge is 0.508 e. The van der Waals surface area contributed by atoms with Crippen LogP contribution >= 0.6 is 79.1 Å². The molecule has 0 spiro atoms. The molecule has 0 amide bonds. The summed E-state index contributed by atoms with van der Waals surface area (Å²) in [4.78, 5) is 19.4. The Bertz CT molecular complexity index is 1170. The molecule has 1 aliphatic carbocycles. The molecule has 4 rings (SSSR count). The molecule has 0 atom stereocenters. The molecule has 0 fully saturated rings. The Morgan fingerprint density at radius 1 is 1.03 bits per heavy atom. The lowest BCUT2D eigenvalue weighted by molar-refractivity contribution is -0.109. The predicted molar refractivity (Wildman–Crippen MR) is 154 cm³/mol. The number of carbonyl (C=O) groups is 1. The molecule has 1 aromatic carbocycles. The third-order valence-electron chi connectivity index (χ3n) is 6.03. The minimum atomic E-state index is -2.46. The summed E-state index contributed by atoms with van der Waals surface area (Å²) in [6.07, 6.45) is 3.58. The van der Waals surface area contributed by atoms with Gasteiger partial charge in [0.25, 0.3) is 0 Å². The van der Waals surface area contributed by atoms with E-state index in [0.717, 1.165) is 35.8 Å². The number of nitrogens with zero attached hydrogens (tertiary/aromatic N) is 1. The van der Waals surface area contributed by atoms with E-state index < -0.39 is 8.07 Å². The molecule has 0 saturated carbocycles. The number of benzene rings is 1. The molecule has 0 saturated heterocycles. The van der Waals surface area contributed by atoms with Gasteiger partial charge in [0, 0.05) is 9.14 Å². The number of allylic oxidation sites excluding steroid dienone is 4. The van der Waals surface area contributed by atoms with Crippen LogP contribution in [0.3, 0.4) is 0 Å². The molecule has 0 radical (unpaired) electrons. The Hall–Kier alpha value is -0.0531. The summed E-state index contributed by atoms with van der Waals surface area (Å²) in [5, 5.41) is 12.7. The number of aromatic hydroxyl groups is 1. The first-order valence-electron chi connectivity index (χ1n) is 9.64. The lowest BCUT2D eigenvalue weighted by Crippen LogP contribution is -2.59. The smallest absolute Gasteiger partial charge is 0.187 e. The van der Waals surface area contributed by atoms with E-state index in [4.69, 9.17) is 4.99 Å². The number of thiophene rings is 1. The lowest BCUT2D eigenvalue weighted by atomic mass is 10.0. The average Bonchev–Trinajstić information content (AvgIpc) is 2.93. The first kappa shape index (κ1) is 23.1. The van der Waals surface area contributed by atoms with Gasteiger partial charge in [0.15, 0.2) is 5.78 Å². The molecule has 3 nitrogen and oxygen atoms in total. The van der Waals surface area contributed by atoms with E-state index in [2.05, 4.69) is 95.5 Å².